The van der Waals surface area contributed by atoms with Gasteiger partial charge in [-0.1, -0.05) is 12.2 Å². The molecule has 0 radical (unpaired) electrons. The third-order valence-corrected chi connectivity index (χ3v) is 2.69. The van der Waals surface area contributed by atoms with Crippen LogP contribution < -0.4 is 0 Å². The molecule has 0 amide bonds. The first-order valence-electron chi connectivity index (χ1n) is 4.60. The summed E-state index contributed by atoms with van der Waals surface area (Å²) in [6.07, 6.45) is 6.97. The standard InChI is InChI=1S/C8H18B2N2/c1-11(2)9-7-5-6-8-10(9)12(3)4/h5-6H,7-8H2,1-4H3. The first-order chi connectivity index (χ1) is 5.63. The molecule has 0 saturated carbocycles. The van der Waals surface area contributed by atoms with Crippen LogP contribution >= 0.6 is 0 Å². The van der Waals surface area contributed by atoms with E-state index in [1.165, 1.54) is 12.6 Å². The summed E-state index contributed by atoms with van der Waals surface area (Å²) in [7, 11) is 8.67. The molecule has 1 aliphatic rings. The number of allylic oxidation sites excluding steroid dienone is 2. The average molecular weight is 164 g/mol. The fourth-order valence-electron chi connectivity index (χ4n) is 1.90. The largest absolute Gasteiger partial charge is 0.352 e. The molecular formula is C8H18B2N2. The summed E-state index contributed by atoms with van der Waals surface area (Å²) in [6, 6.07) is 0. The van der Waals surface area contributed by atoms with Crippen molar-refractivity contribution in [2.45, 2.75) is 12.6 Å². The summed E-state index contributed by atoms with van der Waals surface area (Å²) in [5.74, 6) is 0. The Morgan fingerprint density at radius 3 is 1.42 bits per heavy atom. The topological polar surface area (TPSA) is 6.48 Å². The maximum atomic E-state index is 2.33. The molecule has 2 nitrogen and oxygen atoms in total. The summed E-state index contributed by atoms with van der Waals surface area (Å²) in [5, 5.41) is 0. The van der Waals surface area contributed by atoms with Gasteiger partial charge < -0.3 is 9.62 Å². The number of rotatable bonds is 2. The lowest BCUT2D eigenvalue weighted by Gasteiger charge is -2.32. The van der Waals surface area contributed by atoms with E-state index in [4.69, 9.17) is 0 Å². The molecule has 66 valence electrons. The lowest BCUT2D eigenvalue weighted by molar-refractivity contribution is 0.619. The van der Waals surface area contributed by atoms with Crippen LogP contribution in [0.4, 0.5) is 0 Å². The summed E-state index contributed by atoms with van der Waals surface area (Å²) in [4.78, 5) is 4.66. The van der Waals surface area contributed by atoms with Gasteiger partial charge in [0.2, 0.25) is 13.5 Å². The quantitative estimate of drug-likeness (QED) is 0.438. The predicted octanol–water partition coefficient (Wildman–Crippen LogP) is 0.741. The minimum absolute atomic E-state index is 0.685. The second-order valence-electron chi connectivity index (χ2n) is 4.00. The fraction of sp³-hybridized carbons (Fsp3) is 0.750. The van der Waals surface area contributed by atoms with E-state index in [2.05, 4.69) is 50.0 Å². The monoisotopic (exact) mass is 164 g/mol. The highest BCUT2D eigenvalue weighted by atomic mass is 15.0. The van der Waals surface area contributed by atoms with E-state index in [0.29, 0.717) is 13.5 Å². The first kappa shape index (κ1) is 9.87. The predicted molar refractivity (Wildman–Crippen MR) is 57.6 cm³/mol. The Morgan fingerprint density at radius 2 is 1.17 bits per heavy atom. The van der Waals surface area contributed by atoms with Crippen molar-refractivity contribution >= 4 is 13.5 Å². The Labute approximate surface area is 76.8 Å². The SMILES string of the molecule is CN(C)B1CC=CCB1N(C)C. The summed E-state index contributed by atoms with van der Waals surface area (Å²) < 4.78 is 0. The maximum absolute atomic E-state index is 2.33. The van der Waals surface area contributed by atoms with Gasteiger partial charge in [-0.15, -0.1) is 0 Å². The van der Waals surface area contributed by atoms with Crippen molar-refractivity contribution in [1.82, 2.24) is 9.62 Å². The van der Waals surface area contributed by atoms with E-state index < -0.39 is 0 Å². The molecule has 0 N–H and O–H groups in total. The van der Waals surface area contributed by atoms with Crippen LogP contribution in [0.3, 0.4) is 0 Å². The summed E-state index contributed by atoms with van der Waals surface area (Å²) >= 11 is 0. The van der Waals surface area contributed by atoms with Crippen LogP contribution in [0.2, 0.25) is 12.6 Å². The second-order valence-corrected chi connectivity index (χ2v) is 4.00. The molecule has 0 fully saturated rings. The van der Waals surface area contributed by atoms with Gasteiger partial charge in [0.05, 0.1) is 0 Å². The van der Waals surface area contributed by atoms with Crippen molar-refractivity contribution in [3.63, 3.8) is 0 Å². The first-order valence-corrected chi connectivity index (χ1v) is 4.60. The van der Waals surface area contributed by atoms with Gasteiger partial charge in [0, 0.05) is 0 Å². The molecule has 0 spiro atoms. The van der Waals surface area contributed by atoms with Crippen molar-refractivity contribution < 1.29 is 0 Å². The van der Waals surface area contributed by atoms with Gasteiger partial charge in [-0.25, -0.2) is 0 Å². The molecule has 0 aliphatic carbocycles. The molecule has 4 heteroatoms. The molecule has 0 aromatic heterocycles. The third kappa shape index (κ3) is 2.14. The Balaban J connectivity index is 2.63. The van der Waals surface area contributed by atoms with E-state index in [9.17, 15) is 0 Å². The Morgan fingerprint density at radius 1 is 0.833 bits per heavy atom. The minimum Gasteiger partial charge on any atom is -0.352 e. The maximum Gasteiger partial charge on any atom is 0.211 e. The molecule has 0 unspecified atom stereocenters. The molecule has 0 bridgehead atoms. The molecule has 0 aromatic rings. The van der Waals surface area contributed by atoms with Crippen LogP contribution in [0, 0.1) is 0 Å². The van der Waals surface area contributed by atoms with Crippen LogP contribution in [-0.4, -0.2) is 51.3 Å². The van der Waals surface area contributed by atoms with E-state index in [-0.39, 0.29) is 0 Å². The number of hydrogen-bond donors (Lipinski definition) is 0. The number of nitrogens with zero attached hydrogens (tertiary/aromatic N) is 2. The normalized spacial score (nSPS) is 18.2. The van der Waals surface area contributed by atoms with Gasteiger partial charge in [0.25, 0.3) is 0 Å². The van der Waals surface area contributed by atoms with Gasteiger partial charge in [0.1, 0.15) is 0 Å². The molecule has 1 aliphatic heterocycles. The van der Waals surface area contributed by atoms with Gasteiger partial charge >= 0.3 is 0 Å². The van der Waals surface area contributed by atoms with Gasteiger partial charge in [-0.3, -0.25) is 0 Å². The molecule has 1 rings (SSSR count). The smallest absolute Gasteiger partial charge is 0.211 e. The van der Waals surface area contributed by atoms with Crippen LogP contribution in [0.1, 0.15) is 0 Å². The van der Waals surface area contributed by atoms with Gasteiger partial charge in [-0.05, 0) is 40.8 Å². The zero-order valence-electron chi connectivity index (χ0n) is 8.62. The van der Waals surface area contributed by atoms with Crippen molar-refractivity contribution in [2.75, 3.05) is 28.2 Å². The molecule has 1 heterocycles. The van der Waals surface area contributed by atoms with E-state index in [0.717, 1.165) is 0 Å². The fourth-order valence-corrected chi connectivity index (χ4v) is 1.90. The second kappa shape index (κ2) is 4.15. The average Bonchev–Trinajstić information content (AvgIpc) is 2.04. The highest BCUT2D eigenvalue weighted by molar-refractivity contribution is 7.20. The van der Waals surface area contributed by atoms with E-state index in [1.807, 2.05) is 0 Å². The van der Waals surface area contributed by atoms with Crippen LogP contribution in [0.15, 0.2) is 12.2 Å². The highest BCUT2D eigenvalue weighted by Gasteiger charge is 2.33. The van der Waals surface area contributed by atoms with Crippen LogP contribution in [0.25, 0.3) is 0 Å². The molecule has 0 atom stereocenters. The lowest BCUT2D eigenvalue weighted by Crippen LogP contribution is -2.55. The van der Waals surface area contributed by atoms with E-state index in [1.54, 1.807) is 0 Å². The zero-order valence-corrected chi connectivity index (χ0v) is 8.62. The molecule has 0 saturated heterocycles. The summed E-state index contributed by atoms with van der Waals surface area (Å²) in [5.41, 5.74) is 0. The van der Waals surface area contributed by atoms with Crippen molar-refractivity contribution in [1.29, 1.82) is 0 Å². The third-order valence-electron chi connectivity index (χ3n) is 2.69. The minimum atomic E-state index is 0.685. The van der Waals surface area contributed by atoms with Crippen molar-refractivity contribution in [3.8, 4) is 0 Å². The zero-order chi connectivity index (χ0) is 9.14. The Hall–Kier alpha value is -0.210. The van der Waals surface area contributed by atoms with Crippen LogP contribution in [0.5, 0.6) is 0 Å². The Kier molecular flexibility index (Phi) is 3.41. The van der Waals surface area contributed by atoms with Gasteiger partial charge in [-0.2, -0.15) is 0 Å². The van der Waals surface area contributed by atoms with Crippen molar-refractivity contribution in [2.24, 2.45) is 0 Å². The van der Waals surface area contributed by atoms with Crippen LogP contribution in [-0.2, 0) is 0 Å². The molecule has 0 aromatic carbocycles. The molecule has 12 heavy (non-hydrogen) atoms. The van der Waals surface area contributed by atoms with E-state index >= 15 is 0 Å². The summed E-state index contributed by atoms with van der Waals surface area (Å²) in [6.45, 7) is 1.37. The van der Waals surface area contributed by atoms with Gasteiger partial charge in [0.15, 0.2) is 0 Å². The highest BCUT2D eigenvalue weighted by Crippen LogP contribution is 2.14. The Bertz CT molecular complexity index is 150. The lowest BCUT2D eigenvalue weighted by atomic mass is 9.15. The van der Waals surface area contributed by atoms with Crippen molar-refractivity contribution in [3.05, 3.63) is 12.2 Å². The molecular weight excluding hydrogens is 146 g/mol. The number of hydrogen-bond acceptors (Lipinski definition) is 2.